The van der Waals surface area contributed by atoms with Crippen molar-refractivity contribution in [1.29, 1.82) is 0 Å². The number of hydrogen-bond donors (Lipinski definition) is 0. The maximum Gasteiger partial charge on any atom is 0.276 e. The van der Waals surface area contributed by atoms with Crippen molar-refractivity contribution >= 4 is 23.1 Å². The van der Waals surface area contributed by atoms with Gasteiger partial charge >= 0.3 is 0 Å². The summed E-state index contributed by atoms with van der Waals surface area (Å²) in [6, 6.07) is 5.90. The highest BCUT2D eigenvalue weighted by atomic mass is 32.2. The highest BCUT2D eigenvalue weighted by molar-refractivity contribution is 7.98. The molecule has 4 rings (SSSR count). The Morgan fingerprint density at radius 3 is 2.46 bits per heavy atom. The molecule has 1 fully saturated rings. The van der Waals surface area contributed by atoms with Crippen LogP contribution in [0.4, 0.5) is 11.4 Å². The van der Waals surface area contributed by atoms with E-state index >= 15 is 0 Å². The summed E-state index contributed by atoms with van der Waals surface area (Å²) in [6.45, 7) is 2.16. The average molecular weight is 493 g/mol. The molecule has 0 amide bonds. The van der Waals surface area contributed by atoms with Crippen LogP contribution in [-0.2, 0) is 5.75 Å². The molecular weight excluding hydrogens is 468 g/mol. The molecule has 0 radical (unpaired) electrons. The van der Waals surface area contributed by atoms with Gasteiger partial charge in [-0.25, -0.2) is 0 Å². The van der Waals surface area contributed by atoms with Gasteiger partial charge in [-0.1, -0.05) is 43.4 Å². The van der Waals surface area contributed by atoms with E-state index in [1.54, 1.807) is 12.4 Å². The lowest BCUT2D eigenvalue weighted by atomic mass is 10.1. The molecule has 180 valence electrons. The van der Waals surface area contributed by atoms with Gasteiger partial charge in [-0.05, 0) is 30.9 Å². The monoisotopic (exact) mass is 492 g/mol. The normalized spacial score (nSPS) is 12.7. The second kappa shape index (κ2) is 11.1. The fourth-order valence-electron chi connectivity index (χ4n) is 3.59. The van der Waals surface area contributed by atoms with Gasteiger partial charge < -0.3 is 0 Å². The van der Waals surface area contributed by atoms with Gasteiger partial charge in [-0.15, -0.1) is 10.2 Å². The van der Waals surface area contributed by atoms with E-state index in [9.17, 15) is 20.2 Å². The molecular formula is C24H24N6O4S. The van der Waals surface area contributed by atoms with E-state index in [4.69, 9.17) is 0 Å². The Kier molecular flexibility index (Phi) is 7.72. The molecule has 2 aromatic heterocycles. The van der Waals surface area contributed by atoms with Crippen molar-refractivity contribution in [2.75, 3.05) is 0 Å². The SMILES string of the molecule is CCCCCC#Cc1cncc(-c2nnc(SCc3cc([N+](=O)[O-])cc([N+](=O)[O-])c3)n2C2CC2)c1. The van der Waals surface area contributed by atoms with Gasteiger partial charge in [0.2, 0.25) is 0 Å². The molecule has 0 atom stereocenters. The van der Waals surface area contributed by atoms with Crippen LogP contribution in [0.25, 0.3) is 11.4 Å². The highest BCUT2D eigenvalue weighted by Crippen LogP contribution is 2.41. The third kappa shape index (κ3) is 6.22. The summed E-state index contributed by atoms with van der Waals surface area (Å²) < 4.78 is 2.06. The number of thioether (sulfide) groups is 1. The summed E-state index contributed by atoms with van der Waals surface area (Å²) in [4.78, 5) is 25.5. The van der Waals surface area contributed by atoms with E-state index in [-0.39, 0.29) is 23.2 Å². The van der Waals surface area contributed by atoms with Gasteiger partial charge in [0.1, 0.15) is 0 Å². The number of aromatic nitrogens is 4. The molecule has 0 spiro atoms. The first-order valence-electron chi connectivity index (χ1n) is 11.4. The van der Waals surface area contributed by atoms with Gasteiger partial charge in [-0.3, -0.25) is 29.8 Å². The lowest BCUT2D eigenvalue weighted by Gasteiger charge is -2.09. The molecule has 35 heavy (non-hydrogen) atoms. The van der Waals surface area contributed by atoms with Gasteiger partial charge in [0, 0.05) is 53.9 Å². The van der Waals surface area contributed by atoms with Crippen molar-refractivity contribution in [2.24, 2.45) is 0 Å². The minimum atomic E-state index is -0.626. The lowest BCUT2D eigenvalue weighted by Crippen LogP contribution is -2.01. The van der Waals surface area contributed by atoms with Gasteiger partial charge in [0.05, 0.1) is 15.9 Å². The van der Waals surface area contributed by atoms with E-state index in [0.717, 1.165) is 49.3 Å². The molecule has 1 saturated carbocycles. The topological polar surface area (TPSA) is 130 Å². The molecule has 3 aromatic rings. The first-order valence-corrected chi connectivity index (χ1v) is 12.4. The number of pyridine rings is 1. The van der Waals surface area contributed by atoms with Crippen molar-refractivity contribution in [3.63, 3.8) is 0 Å². The van der Waals surface area contributed by atoms with Crippen molar-refractivity contribution in [3.05, 3.63) is 68.0 Å². The second-order valence-electron chi connectivity index (χ2n) is 8.29. The minimum absolute atomic E-state index is 0.269. The van der Waals surface area contributed by atoms with Crippen molar-refractivity contribution in [3.8, 4) is 23.2 Å². The van der Waals surface area contributed by atoms with Crippen molar-refractivity contribution < 1.29 is 9.85 Å². The molecule has 0 bridgehead atoms. The Balaban J connectivity index is 1.56. The Morgan fingerprint density at radius 1 is 1.06 bits per heavy atom. The molecule has 1 aromatic carbocycles. The van der Waals surface area contributed by atoms with Crippen LogP contribution in [0.15, 0.2) is 41.8 Å². The Morgan fingerprint density at radius 2 is 1.80 bits per heavy atom. The smallest absolute Gasteiger partial charge is 0.276 e. The zero-order chi connectivity index (χ0) is 24.8. The lowest BCUT2D eigenvalue weighted by molar-refractivity contribution is -0.394. The predicted octanol–water partition coefficient (Wildman–Crippen LogP) is 5.72. The number of nitrogens with zero attached hydrogens (tertiary/aromatic N) is 6. The van der Waals surface area contributed by atoms with Crippen molar-refractivity contribution in [1.82, 2.24) is 19.7 Å². The van der Waals surface area contributed by atoms with Gasteiger partial charge in [-0.2, -0.15) is 0 Å². The summed E-state index contributed by atoms with van der Waals surface area (Å²) in [7, 11) is 0. The average Bonchev–Trinajstić information content (AvgIpc) is 3.61. The van der Waals surface area contributed by atoms with Crippen LogP contribution in [0.5, 0.6) is 0 Å². The van der Waals surface area contributed by atoms with Crippen LogP contribution in [0.3, 0.4) is 0 Å². The zero-order valence-corrected chi connectivity index (χ0v) is 20.0. The standard InChI is InChI=1S/C24H24N6O4S/c1-2-3-4-5-6-7-17-10-19(15-25-14-17)23-26-27-24(28(23)20-8-9-20)35-16-18-11-21(29(31)32)13-22(12-18)30(33)34/h10-15,20H,2-5,8-9,16H2,1H3. The van der Waals surface area contributed by atoms with Crippen LogP contribution in [0.1, 0.15) is 62.6 Å². The third-order valence-electron chi connectivity index (χ3n) is 5.46. The quantitative estimate of drug-likeness (QED) is 0.116. The van der Waals surface area contributed by atoms with Crippen LogP contribution >= 0.6 is 11.8 Å². The van der Waals surface area contributed by atoms with E-state index in [1.165, 1.54) is 30.3 Å². The zero-order valence-electron chi connectivity index (χ0n) is 19.2. The van der Waals surface area contributed by atoms with E-state index in [0.29, 0.717) is 16.5 Å². The largest absolute Gasteiger partial charge is 0.299 e. The number of rotatable bonds is 10. The van der Waals surface area contributed by atoms with Crippen LogP contribution in [0.2, 0.25) is 0 Å². The van der Waals surface area contributed by atoms with Crippen LogP contribution in [0, 0.1) is 32.1 Å². The number of unbranched alkanes of at least 4 members (excludes halogenated alkanes) is 3. The molecule has 2 heterocycles. The van der Waals surface area contributed by atoms with Crippen LogP contribution < -0.4 is 0 Å². The fourth-order valence-corrected chi connectivity index (χ4v) is 4.53. The first-order chi connectivity index (χ1) is 17.0. The number of benzene rings is 1. The van der Waals surface area contributed by atoms with Gasteiger partial charge in [0.15, 0.2) is 11.0 Å². The first kappa shape index (κ1) is 24.3. The summed E-state index contributed by atoms with van der Waals surface area (Å²) in [5.41, 5.74) is 1.51. The van der Waals surface area contributed by atoms with E-state index in [1.807, 2.05) is 6.07 Å². The molecule has 0 unspecified atom stereocenters. The summed E-state index contributed by atoms with van der Waals surface area (Å²) in [6.07, 6.45) is 9.75. The summed E-state index contributed by atoms with van der Waals surface area (Å²) >= 11 is 1.35. The third-order valence-corrected chi connectivity index (χ3v) is 6.48. The maximum atomic E-state index is 11.2. The fraction of sp³-hybridized carbons (Fsp3) is 0.375. The molecule has 11 heteroatoms. The molecule has 10 nitrogen and oxygen atoms in total. The van der Waals surface area contributed by atoms with E-state index in [2.05, 4.69) is 38.5 Å². The summed E-state index contributed by atoms with van der Waals surface area (Å²) in [5.74, 6) is 7.36. The molecule has 0 N–H and O–H groups in total. The molecule has 0 aliphatic heterocycles. The number of nitro groups is 2. The summed E-state index contributed by atoms with van der Waals surface area (Å²) in [5, 5.41) is 31.8. The van der Waals surface area contributed by atoms with Crippen molar-refractivity contribution in [2.45, 2.75) is 62.4 Å². The Labute approximate surface area is 206 Å². The second-order valence-corrected chi connectivity index (χ2v) is 9.23. The Bertz CT molecular complexity index is 1280. The Hall–Kier alpha value is -3.78. The minimum Gasteiger partial charge on any atom is -0.299 e. The van der Waals surface area contributed by atoms with Crippen LogP contribution in [-0.4, -0.2) is 29.6 Å². The number of non-ortho nitro benzene ring substituents is 2. The molecule has 1 aliphatic carbocycles. The highest BCUT2D eigenvalue weighted by Gasteiger charge is 2.30. The number of hydrogen-bond acceptors (Lipinski definition) is 8. The predicted molar refractivity (Wildman–Crippen MR) is 132 cm³/mol. The molecule has 1 aliphatic rings. The maximum absolute atomic E-state index is 11.2. The number of nitro benzene ring substituents is 2. The molecule has 0 saturated heterocycles. The van der Waals surface area contributed by atoms with Gasteiger partial charge in [0.25, 0.3) is 11.4 Å². The van der Waals surface area contributed by atoms with E-state index < -0.39 is 9.85 Å².